The molecule has 0 amide bonds. The lowest BCUT2D eigenvalue weighted by Crippen LogP contribution is -2.44. The summed E-state index contributed by atoms with van der Waals surface area (Å²) in [5, 5.41) is 12.7. The summed E-state index contributed by atoms with van der Waals surface area (Å²) in [7, 11) is 0. The molecule has 2 N–H and O–H groups in total. The van der Waals surface area contributed by atoms with Gasteiger partial charge in [0.15, 0.2) is 0 Å². The van der Waals surface area contributed by atoms with Gasteiger partial charge in [-0.15, -0.1) is 6.58 Å². The highest BCUT2D eigenvalue weighted by Crippen LogP contribution is 2.28. The number of aliphatic carboxylic acids is 1. The highest BCUT2D eigenvalue weighted by atomic mass is 16.4. The van der Waals surface area contributed by atoms with Crippen molar-refractivity contribution in [2.75, 3.05) is 6.54 Å². The lowest BCUT2D eigenvalue weighted by molar-refractivity contribution is -0.141. The zero-order valence-electron chi connectivity index (χ0n) is 13.2. The minimum atomic E-state index is -0.678. The predicted molar refractivity (Wildman–Crippen MR) is 83.8 cm³/mol. The van der Waals surface area contributed by atoms with Gasteiger partial charge in [-0.1, -0.05) is 39.2 Å². The number of carboxylic acids is 1. The van der Waals surface area contributed by atoms with Crippen LogP contribution in [0.1, 0.15) is 65.2 Å². The molecule has 0 spiro atoms. The summed E-state index contributed by atoms with van der Waals surface area (Å²) in [6.45, 7) is 9.07. The van der Waals surface area contributed by atoms with Gasteiger partial charge in [0.25, 0.3) is 0 Å². The van der Waals surface area contributed by atoms with Crippen molar-refractivity contribution < 1.29 is 9.90 Å². The third-order valence-corrected chi connectivity index (χ3v) is 4.48. The average molecular weight is 281 g/mol. The number of hydrogen-bond acceptors (Lipinski definition) is 2. The number of allylic oxidation sites excluding steroid dienone is 1. The molecule has 0 aromatic heterocycles. The lowest BCUT2D eigenvalue weighted by atomic mass is 9.83. The van der Waals surface area contributed by atoms with Crippen LogP contribution in [0.3, 0.4) is 0 Å². The van der Waals surface area contributed by atoms with Crippen LogP contribution in [0.2, 0.25) is 0 Å². The molecule has 0 aromatic rings. The maximum absolute atomic E-state index is 11.4. The van der Waals surface area contributed by atoms with Gasteiger partial charge < -0.3 is 10.4 Å². The Labute approximate surface area is 123 Å². The maximum Gasteiger partial charge on any atom is 0.320 e. The van der Waals surface area contributed by atoms with Crippen LogP contribution in [-0.4, -0.2) is 23.7 Å². The molecule has 20 heavy (non-hydrogen) atoms. The molecule has 0 aromatic carbocycles. The summed E-state index contributed by atoms with van der Waals surface area (Å²) in [4.78, 5) is 11.4. The van der Waals surface area contributed by atoms with E-state index in [1.165, 1.54) is 19.3 Å². The molecule has 3 heteroatoms. The van der Waals surface area contributed by atoms with Crippen LogP contribution < -0.4 is 5.32 Å². The normalized spacial score (nSPS) is 18.7. The van der Waals surface area contributed by atoms with Crippen LogP contribution in [0.15, 0.2) is 12.7 Å². The number of nitrogens with one attached hydrogen (secondary N) is 1. The highest BCUT2D eigenvalue weighted by molar-refractivity contribution is 5.73. The van der Waals surface area contributed by atoms with Crippen LogP contribution >= 0.6 is 0 Å². The van der Waals surface area contributed by atoms with E-state index in [9.17, 15) is 9.90 Å². The topological polar surface area (TPSA) is 49.3 Å². The number of hydrogen-bond donors (Lipinski definition) is 2. The quantitative estimate of drug-likeness (QED) is 0.496. The van der Waals surface area contributed by atoms with E-state index >= 15 is 0 Å². The van der Waals surface area contributed by atoms with Crippen molar-refractivity contribution in [3.63, 3.8) is 0 Å². The third kappa shape index (κ3) is 6.08. The van der Waals surface area contributed by atoms with E-state index in [4.69, 9.17) is 0 Å². The van der Waals surface area contributed by atoms with Gasteiger partial charge in [-0.25, -0.2) is 0 Å². The van der Waals surface area contributed by atoms with Crippen LogP contribution in [-0.2, 0) is 4.79 Å². The first-order valence-corrected chi connectivity index (χ1v) is 8.03. The fraction of sp³-hybridized carbons (Fsp3) is 0.824. The van der Waals surface area contributed by atoms with E-state index in [0.717, 1.165) is 38.6 Å². The molecule has 0 saturated heterocycles. The van der Waals surface area contributed by atoms with Crippen LogP contribution in [0.4, 0.5) is 0 Å². The second-order valence-electron chi connectivity index (χ2n) is 6.93. The standard InChI is InChI=1S/C17H31NO2/c1-4-11-17(2,3)12-8-13-18-15(16(19)20)14-9-6-5-7-10-14/h4,14-15,18H,1,5-13H2,2-3H3,(H,19,20)/t15-/m0/s1. The number of carboxylic acid groups (broad SMARTS) is 1. The smallest absolute Gasteiger partial charge is 0.320 e. The molecular weight excluding hydrogens is 250 g/mol. The van der Waals surface area contributed by atoms with Gasteiger partial charge in [0.2, 0.25) is 0 Å². The van der Waals surface area contributed by atoms with Crippen molar-refractivity contribution in [2.45, 2.75) is 71.3 Å². The summed E-state index contributed by atoms with van der Waals surface area (Å²) >= 11 is 0. The van der Waals surface area contributed by atoms with Crippen molar-refractivity contribution >= 4 is 5.97 Å². The van der Waals surface area contributed by atoms with Crippen molar-refractivity contribution in [3.05, 3.63) is 12.7 Å². The van der Waals surface area contributed by atoms with Crippen molar-refractivity contribution in [1.29, 1.82) is 0 Å². The number of rotatable bonds is 9. The fourth-order valence-corrected chi connectivity index (χ4v) is 3.24. The van der Waals surface area contributed by atoms with E-state index in [0.29, 0.717) is 5.92 Å². The summed E-state index contributed by atoms with van der Waals surface area (Å²) in [5.74, 6) is -0.357. The molecule has 1 aliphatic carbocycles. The molecule has 1 atom stereocenters. The Morgan fingerprint density at radius 3 is 2.60 bits per heavy atom. The molecule has 1 saturated carbocycles. The van der Waals surface area contributed by atoms with E-state index in [1.54, 1.807) is 0 Å². The summed E-state index contributed by atoms with van der Waals surface area (Å²) in [6, 6.07) is -0.349. The average Bonchev–Trinajstić information content (AvgIpc) is 2.39. The van der Waals surface area contributed by atoms with Gasteiger partial charge in [-0.05, 0) is 50.0 Å². The first kappa shape index (κ1) is 17.2. The molecule has 1 aliphatic rings. The van der Waals surface area contributed by atoms with E-state index in [2.05, 4.69) is 25.7 Å². The van der Waals surface area contributed by atoms with Crippen molar-refractivity contribution in [2.24, 2.45) is 11.3 Å². The minimum Gasteiger partial charge on any atom is -0.480 e. The molecule has 0 unspecified atom stereocenters. The minimum absolute atomic E-state index is 0.271. The monoisotopic (exact) mass is 281 g/mol. The van der Waals surface area contributed by atoms with Crippen LogP contribution in [0.25, 0.3) is 0 Å². The molecular formula is C17H31NO2. The molecule has 3 nitrogen and oxygen atoms in total. The van der Waals surface area contributed by atoms with Gasteiger partial charge in [0.05, 0.1) is 0 Å². The summed E-state index contributed by atoms with van der Waals surface area (Å²) in [6.07, 6.45) is 10.9. The Hall–Kier alpha value is -0.830. The van der Waals surface area contributed by atoms with Gasteiger partial charge in [0.1, 0.15) is 6.04 Å². The third-order valence-electron chi connectivity index (χ3n) is 4.48. The zero-order chi connectivity index (χ0) is 15.0. The van der Waals surface area contributed by atoms with Gasteiger partial charge in [-0.3, -0.25) is 4.79 Å². The first-order valence-electron chi connectivity index (χ1n) is 8.03. The maximum atomic E-state index is 11.4. The fourth-order valence-electron chi connectivity index (χ4n) is 3.24. The van der Waals surface area contributed by atoms with Crippen molar-refractivity contribution in [1.82, 2.24) is 5.32 Å². The van der Waals surface area contributed by atoms with Gasteiger partial charge >= 0.3 is 5.97 Å². The van der Waals surface area contributed by atoms with Crippen LogP contribution in [0.5, 0.6) is 0 Å². The molecule has 1 fully saturated rings. The van der Waals surface area contributed by atoms with Crippen molar-refractivity contribution in [3.8, 4) is 0 Å². The van der Waals surface area contributed by atoms with Gasteiger partial charge in [-0.2, -0.15) is 0 Å². The van der Waals surface area contributed by atoms with E-state index < -0.39 is 5.97 Å². The molecule has 0 heterocycles. The zero-order valence-corrected chi connectivity index (χ0v) is 13.2. The Bertz CT molecular complexity index is 306. The Morgan fingerprint density at radius 1 is 1.40 bits per heavy atom. The van der Waals surface area contributed by atoms with E-state index in [-0.39, 0.29) is 11.5 Å². The van der Waals surface area contributed by atoms with E-state index in [1.807, 2.05) is 6.08 Å². The molecule has 0 aliphatic heterocycles. The summed E-state index contributed by atoms with van der Waals surface area (Å²) < 4.78 is 0. The molecule has 0 radical (unpaired) electrons. The van der Waals surface area contributed by atoms with Crippen LogP contribution in [0, 0.1) is 11.3 Å². The second-order valence-corrected chi connectivity index (χ2v) is 6.93. The predicted octanol–water partition coefficient (Wildman–Crippen LogP) is 3.99. The SMILES string of the molecule is C=CCC(C)(C)CCCN[C@H](C(=O)O)C1CCCCC1. The second kappa shape index (κ2) is 8.46. The molecule has 116 valence electrons. The molecule has 0 bridgehead atoms. The first-order chi connectivity index (χ1) is 9.46. The Balaban J connectivity index is 2.32. The largest absolute Gasteiger partial charge is 0.480 e. The lowest BCUT2D eigenvalue weighted by Gasteiger charge is -2.29. The molecule has 1 rings (SSSR count). The Kier molecular flexibility index (Phi) is 7.28. The Morgan fingerprint density at radius 2 is 2.05 bits per heavy atom. The number of carbonyl (C=O) groups is 1. The summed E-state index contributed by atoms with van der Waals surface area (Å²) in [5.41, 5.74) is 0.271. The van der Waals surface area contributed by atoms with Gasteiger partial charge in [0, 0.05) is 0 Å². The highest BCUT2D eigenvalue weighted by Gasteiger charge is 2.28.